The first-order valence-corrected chi connectivity index (χ1v) is 14.0. The molecule has 37 heavy (non-hydrogen) atoms. The summed E-state index contributed by atoms with van der Waals surface area (Å²) in [6, 6.07) is 12.4. The Morgan fingerprint density at radius 3 is 2.70 bits per heavy atom. The van der Waals surface area contributed by atoms with Gasteiger partial charge in [0.2, 0.25) is 15.9 Å². The number of hydrogen-bond acceptors (Lipinski definition) is 7. The third-order valence-corrected chi connectivity index (χ3v) is 9.58. The Morgan fingerprint density at radius 2 is 2.00 bits per heavy atom. The van der Waals surface area contributed by atoms with Crippen molar-refractivity contribution in [3.63, 3.8) is 0 Å². The van der Waals surface area contributed by atoms with Crippen LogP contribution < -0.4 is 9.64 Å². The van der Waals surface area contributed by atoms with E-state index in [0.29, 0.717) is 44.7 Å². The van der Waals surface area contributed by atoms with Crippen molar-refractivity contribution in [2.75, 3.05) is 18.6 Å². The van der Waals surface area contributed by atoms with Crippen LogP contribution in [0.5, 0.6) is 5.75 Å². The van der Waals surface area contributed by atoms with Crippen LogP contribution in [0.1, 0.15) is 18.5 Å². The fourth-order valence-electron chi connectivity index (χ4n) is 4.31. The Labute approximate surface area is 222 Å². The van der Waals surface area contributed by atoms with E-state index in [2.05, 4.69) is 9.97 Å². The number of rotatable bonds is 7. The molecule has 0 bridgehead atoms. The second-order valence-electron chi connectivity index (χ2n) is 8.40. The number of halogens is 2. The Bertz CT molecular complexity index is 1550. The molecule has 12 heteroatoms. The molecule has 1 atom stereocenters. The zero-order chi connectivity index (χ0) is 26.2. The molecule has 1 aliphatic heterocycles. The molecule has 0 saturated carbocycles. The number of ether oxygens (including phenoxy) is 1. The number of aromatic nitrogens is 2. The van der Waals surface area contributed by atoms with E-state index < -0.39 is 27.8 Å². The van der Waals surface area contributed by atoms with E-state index in [1.807, 2.05) is 6.07 Å². The van der Waals surface area contributed by atoms with Gasteiger partial charge in [0.15, 0.2) is 5.13 Å². The number of nitrogens with zero attached hydrogens (tertiary/aromatic N) is 4. The lowest BCUT2D eigenvalue weighted by molar-refractivity contribution is -0.121. The maximum Gasteiger partial charge on any atom is 0.247 e. The summed E-state index contributed by atoms with van der Waals surface area (Å²) in [5.74, 6) is -0.462. The summed E-state index contributed by atoms with van der Waals surface area (Å²) in [4.78, 5) is 24.4. The van der Waals surface area contributed by atoms with Crippen LogP contribution in [0.2, 0.25) is 5.02 Å². The molecular weight excluding hydrogens is 539 g/mol. The number of amides is 1. The minimum atomic E-state index is -4.03. The van der Waals surface area contributed by atoms with E-state index >= 15 is 0 Å². The lowest BCUT2D eigenvalue weighted by Gasteiger charge is -2.28. The lowest BCUT2D eigenvalue weighted by atomic mass is 10.2. The molecule has 8 nitrogen and oxygen atoms in total. The number of hydrogen-bond donors (Lipinski definition) is 0. The van der Waals surface area contributed by atoms with E-state index in [1.54, 1.807) is 30.5 Å². The van der Waals surface area contributed by atoms with Gasteiger partial charge in [-0.05, 0) is 61.4 Å². The van der Waals surface area contributed by atoms with Crippen molar-refractivity contribution in [1.29, 1.82) is 0 Å². The van der Waals surface area contributed by atoms with Crippen molar-refractivity contribution in [2.24, 2.45) is 0 Å². The normalized spacial score (nSPS) is 16.2. The van der Waals surface area contributed by atoms with E-state index in [-0.39, 0.29) is 18.0 Å². The Hall–Kier alpha value is -3.12. The van der Waals surface area contributed by atoms with Gasteiger partial charge in [0.05, 0.1) is 34.0 Å². The topological polar surface area (TPSA) is 92.7 Å². The smallest absolute Gasteiger partial charge is 0.247 e. The molecule has 4 aromatic rings. The van der Waals surface area contributed by atoms with Crippen molar-refractivity contribution in [2.45, 2.75) is 30.3 Å². The minimum absolute atomic E-state index is 0.0682. The van der Waals surface area contributed by atoms with Crippen molar-refractivity contribution < 1.29 is 22.3 Å². The maximum absolute atomic E-state index is 14.0. The molecule has 0 radical (unpaired) electrons. The van der Waals surface area contributed by atoms with E-state index in [0.717, 1.165) is 12.1 Å². The summed E-state index contributed by atoms with van der Waals surface area (Å²) in [6.45, 7) is 0.257. The number of thiazole rings is 1. The number of sulfonamides is 1. The fourth-order valence-corrected chi connectivity index (χ4v) is 7.22. The molecule has 0 spiro atoms. The lowest BCUT2D eigenvalue weighted by Crippen LogP contribution is -2.47. The summed E-state index contributed by atoms with van der Waals surface area (Å²) in [6.07, 6.45) is 2.47. The van der Waals surface area contributed by atoms with Gasteiger partial charge >= 0.3 is 0 Å². The number of carbonyl (C=O) groups is 1. The first-order valence-electron chi connectivity index (χ1n) is 11.4. The van der Waals surface area contributed by atoms with Gasteiger partial charge in [-0.15, -0.1) is 0 Å². The summed E-state index contributed by atoms with van der Waals surface area (Å²) >= 11 is 7.64. The maximum atomic E-state index is 14.0. The molecule has 2 aromatic carbocycles. The average Bonchev–Trinajstić information content (AvgIpc) is 3.57. The van der Waals surface area contributed by atoms with Crippen molar-refractivity contribution in [1.82, 2.24) is 14.3 Å². The van der Waals surface area contributed by atoms with E-state index in [4.69, 9.17) is 16.3 Å². The van der Waals surface area contributed by atoms with Crippen LogP contribution in [-0.4, -0.2) is 48.3 Å². The average molecular weight is 561 g/mol. The van der Waals surface area contributed by atoms with Crippen molar-refractivity contribution in [3.8, 4) is 5.75 Å². The highest BCUT2D eigenvalue weighted by atomic mass is 35.5. The molecule has 1 fully saturated rings. The Morgan fingerprint density at radius 1 is 1.22 bits per heavy atom. The zero-order valence-electron chi connectivity index (χ0n) is 19.7. The van der Waals surface area contributed by atoms with Crippen LogP contribution in [0.4, 0.5) is 9.52 Å². The highest BCUT2D eigenvalue weighted by Crippen LogP contribution is 2.40. The summed E-state index contributed by atoms with van der Waals surface area (Å²) < 4.78 is 47.5. The van der Waals surface area contributed by atoms with E-state index in [1.165, 1.54) is 39.8 Å². The minimum Gasteiger partial charge on any atom is -0.494 e. The summed E-state index contributed by atoms with van der Waals surface area (Å²) in [7, 11) is -2.51. The molecule has 1 aliphatic rings. The van der Waals surface area contributed by atoms with Crippen molar-refractivity contribution >= 4 is 54.2 Å². The van der Waals surface area contributed by atoms with Crippen LogP contribution >= 0.6 is 22.9 Å². The number of fused-ring (bicyclic) bond motifs is 1. The molecule has 1 unspecified atom stereocenters. The predicted octanol–water partition coefficient (Wildman–Crippen LogP) is 4.88. The van der Waals surface area contributed by atoms with Gasteiger partial charge in [0, 0.05) is 12.7 Å². The molecule has 2 aromatic heterocycles. The highest BCUT2D eigenvalue weighted by Gasteiger charge is 2.42. The van der Waals surface area contributed by atoms with Gasteiger partial charge in [-0.25, -0.2) is 17.8 Å². The third-order valence-electron chi connectivity index (χ3n) is 6.12. The molecule has 192 valence electrons. The number of methoxy groups -OCH3 is 1. The van der Waals surface area contributed by atoms with Gasteiger partial charge < -0.3 is 4.74 Å². The van der Waals surface area contributed by atoms with Gasteiger partial charge in [0.1, 0.15) is 23.1 Å². The highest BCUT2D eigenvalue weighted by molar-refractivity contribution is 7.89. The van der Waals surface area contributed by atoms with E-state index in [9.17, 15) is 17.6 Å². The summed E-state index contributed by atoms with van der Waals surface area (Å²) in [5.41, 5.74) is 1.12. The van der Waals surface area contributed by atoms with Crippen LogP contribution in [0.3, 0.4) is 0 Å². The molecule has 0 N–H and O–H groups in total. The molecule has 1 saturated heterocycles. The van der Waals surface area contributed by atoms with Crippen LogP contribution in [0.25, 0.3) is 10.2 Å². The SMILES string of the molecule is COc1ccc(Cl)c2sc(N(Cc3ccccn3)C(=O)C3CCCN3S(=O)(=O)c3ccc(F)cc3)nc12. The first kappa shape index (κ1) is 25.5. The predicted molar refractivity (Wildman–Crippen MR) is 140 cm³/mol. The van der Waals surface area contributed by atoms with Gasteiger partial charge in [-0.3, -0.25) is 14.7 Å². The second-order valence-corrected chi connectivity index (χ2v) is 11.7. The van der Waals surface area contributed by atoms with Gasteiger partial charge in [0.25, 0.3) is 0 Å². The van der Waals surface area contributed by atoms with Gasteiger partial charge in [-0.2, -0.15) is 4.31 Å². The molecular formula is C25H22ClFN4O4S2. The monoisotopic (exact) mass is 560 g/mol. The first-order chi connectivity index (χ1) is 17.8. The largest absolute Gasteiger partial charge is 0.494 e. The van der Waals surface area contributed by atoms with Crippen LogP contribution in [0, 0.1) is 5.82 Å². The molecule has 1 amide bonds. The number of pyridine rings is 1. The van der Waals surface area contributed by atoms with Crippen LogP contribution in [-0.2, 0) is 21.4 Å². The number of carbonyl (C=O) groups excluding carboxylic acids is 1. The fraction of sp³-hybridized carbons (Fsp3) is 0.240. The number of anilines is 1. The standard InChI is InChI=1S/C25H22ClFN4O4S2/c1-35-21-12-11-19(26)23-22(21)29-25(36-23)30(15-17-5-2-3-13-28-17)24(32)20-6-4-14-31(20)37(33,34)18-9-7-16(27)8-10-18/h2-3,5,7-13,20H,4,6,14-15H2,1H3. The van der Waals surface area contributed by atoms with Crippen LogP contribution in [0.15, 0.2) is 65.7 Å². The molecule has 3 heterocycles. The Balaban J connectivity index is 1.55. The quantitative estimate of drug-likeness (QED) is 0.320. The number of benzene rings is 2. The van der Waals surface area contributed by atoms with Crippen molar-refractivity contribution in [3.05, 3.63) is 77.3 Å². The summed E-state index contributed by atoms with van der Waals surface area (Å²) in [5, 5.41) is 0.814. The van der Waals surface area contributed by atoms with Gasteiger partial charge in [-0.1, -0.05) is 29.0 Å². The third kappa shape index (κ3) is 4.91. The zero-order valence-corrected chi connectivity index (χ0v) is 22.1. The molecule has 0 aliphatic carbocycles. The second kappa shape index (κ2) is 10.3. The molecule has 5 rings (SSSR count). The Kier molecular flexibility index (Phi) is 7.13.